The first-order valence-corrected chi connectivity index (χ1v) is 7.82. The summed E-state index contributed by atoms with van der Waals surface area (Å²) >= 11 is 0. The summed E-state index contributed by atoms with van der Waals surface area (Å²) in [5.41, 5.74) is 2.07. The summed E-state index contributed by atoms with van der Waals surface area (Å²) < 4.78 is 40.0. The Hall–Kier alpha value is -2.96. The van der Waals surface area contributed by atoms with Gasteiger partial charge in [-0.1, -0.05) is 6.07 Å². The van der Waals surface area contributed by atoms with Crippen LogP contribution in [0.3, 0.4) is 0 Å². The second kappa shape index (κ2) is 5.27. The van der Waals surface area contributed by atoms with Crippen molar-refractivity contribution in [2.45, 2.75) is 13.8 Å². The molecule has 1 aromatic heterocycles. The van der Waals surface area contributed by atoms with Crippen LogP contribution in [0.4, 0.5) is 14.3 Å². The monoisotopic (exact) mass is 341 g/mol. The Balaban J connectivity index is 1.92. The van der Waals surface area contributed by atoms with Gasteiger partial charge < -0.3 is 22.2 Å². The molecule has 7 heteroatoms. The lowest BCUT2D eigenvalue weighted by Gasteiger charge is -2.28. The molecule has 0 unspecified atom stereocenters. The number of halogens is 2. The van der Waals surface area contributed by atoms with Crippen LogP contribution in [-0.2, 0) is 0 Å². The van der Waals surface area contributed by atoms with Gasteiger partial charge in [-0.3, -0.25) is 0 Å². The molecule has 2 heterocycles. The molecule has 126 valence electrons. The minimum absolute atomic E-state index is 0.157. The predicted octanol–water partition coefficient (Wildman–Crippen LogP) is 3.94. The van der Waals surface area contributed by atoms with E-state index in [1.54, 1.807) is 31.2 Å². The molecule has 0 saturated carbocycles. The Morgan fingerprint density at radius 3 is 2.64 bits per heavy atom. The Bertz CT molecular complexity index is 1110. The first kappa shape index (κ1) is 15.6. The SMILES string of the molecule is Cc1ccc2c(c1)O[B-](F)(F)[N+](c1ccc3c(C)cc(=O)oc3c1)=C2. The van der Waals surface area contributed by atoms with E-state index < -0.39 is 12.7 Å². The van der Waals surface area contributed by atoms with Gasteiger partial charge in [-0.05, 0) is 43.2 Å². The van der Waals surface area contributed by atoms with Gasteiger partial charge in [-0.25, -0.2) is 4.79 Å². The highest BCUT2D eigenvalue weighted by atomic mass is 19.3. The van der Waals surface area contributed by atoms with E-state index in [0.717, 1.165) is 15.6 Å². The van der Waals surface area contributed by atoms with E-state index in [4.69, 9.17) is 9.07 Å². The van der Waals surface area contributed by atoms with E-state index >= 15 is 0 Å². The summed E-state index contributed by atoms with van der Waals surface area (Å²) in [6.07, 6.45) is 1.35. The third-order valence-corrected chi connectivity index (χ3v) is 4.27. The molecule has 4 rings (SSSR count). The third kappa shape index (κ3) is 2.61. The Kier molecular flexibility index (Phi) is 3.28. The van der Waals surface area contributed by atoms with Crippen molar-refractivity contribution >= 4 is 29.9 Å². The van der Waals surface area contributed by atoms with E-state index in [1.165, 1.54) is 18.3 Å². The van der Waals surface area contributed by atoms with Crippen LogP contribution < -0.4 is 10.3 Å². The number of hydrogen-bond acceptors (Lipinski definition) is 3. The molecule has 25 heavy (non-hydrogen) atoms. The molecule has 1 aliphatic heterocycles. The third-order valence-electron chi connectivity index (χ3n) is 4.27. The van der Waals surface area contributed by atoms with E-state index in [1.807, 2.05) is 13.0 Å². The number of hydrogen-bond donors (Lipinski definition) is 0. The summed E-state index contributed by atoms with van der Waals surface area (Å²) in [6, 6.07) is 11.2. The quantitative estimate of drug-likeness (QED) is 0.497. The van der Waals surface area contributed by atoms with Crippen molar-refractivity contribution in [2.75, 3.05) is 0 Å². The molecule has 0 N–H and O–H groups in total. The Labute approximate surface area is 142 Å². The molecule has 0 aliphatic carbocycles. The fourth-order valence-corrected chi connectivity index (χ4v) is 3.02. The maximum atomic E-state index is 14.6. The first-order valence-electron chi connectivity index (χ1n) is 7.82. The van der Waals surface area contributed by atoms with Crippen molar-refractivity contribution in [1.29, 1.82) is 0 Å². The van der Waals surface area contributed by atoms with Crippen LogP contribution in [0.1, 0.15) is 16.7 Å². The van der Waals surface area contributed by atoms with Gasteiger partial charge in [0.15, 0.2) is 5.69 Å². The lowest BCUT2D eigenvalue weighted by atomic mass is 9.97. The zero-order valence-corrected chi connectivity index (χ0v) is 13.6. The minimum atomic E-state index is -4.29. The molecule has 0 bridgehead atoms. The summed E-state index contributed by atoms with van der Waals surface area (Å²) in [5, 5.41) is 0.702. The number of fused-ring (bicyclic) bond motifs is 2. The molecule has 0 fully saturated rings. The van der Waals surface area contributed by atoms with Gasteiger partial charge in [0.05, 0.1) is 11.3 Å². The molecule has 0 atom stereocenters. The van der Waals surface area contributed by atoms with Gasteiger partial charge in [0, 0.05) is 23.6 Å². The number of nitrogens with zero attached hydrogens (tertiary/aromatic N) is 1. The van der Waals surface area contributed by atoms with Crippen LogP contribution >= 0.6 is 0 Å². The zero-order chi connectivity index (χ0) is 17.8. The smallest absolute Gasteiger partial charge is 0.599 e. The molecule has 1 aliphatic rings. The van der Waals surface area contributed by atoms with E-state index in [0.29, 0.717) is 10.9 Å². The van der Waals surface area contributed by atoms with Gasteiger partial charge in [-0.15, -0.1) is 0 Å². The molecular weight excluding hydrogens is 327 g/mol. The van der Waals surface area contributed by atoms with Crippen LogP contribution in [0.15, 0.2) is 51.7 Å². The van der Waals surface area contributed by atoms with Crippen LogP contribution in [-0.4, -0.2) is 17.7 Å². The van der Waals surface area contributed by atoms with Gasteiger partial charge in [0.2, 0.25) is 0 Å². The molecule has 2 aromatic carbocycles. The highest BCUT2D eigenvalue weighted by molar-refractivity contribution is 6.53. The molecule has 3 aromatic rings. The normalized spacial score (nSPS) is 15.4. The maximum absolute atomic E-state index is 14.6. The van der Waals surface area contributed by atoms with Crippen LogP contribution in [0.2, 0.25) is 0 Å². The highest BCUT2D eigenvalue weighted by Gasteiger charge is 2.50. The van der Waals surface area contributed by atoms with Crippen LogP contribution in [0.25, 0.3) is 11.0 Å². The van der Waals surface area contributed by atoms with Gasteiger partial charge >= 0.3 is 12.7 Å². The lowest BCUT2D eigenvalue weighted by molar-refractivity contribution is -0.343. The van der Waals surface area contributed by atoms with Crippen molar-refractivity contribution in [2.24, 2.45) is 0 Å². The van der Waals surface area contributed by atoms with Crippen molar-refractivity contribution in [3.8, 4) is 5.75 Å². The number of benzene rings is 2. The predicted molar refractivity (Wildman–Crippen MR) is 92.1 cm³/mol. The van der Waals surface area contributed by atoms with Gasteiger partial charge in [-0.2, -0.15) is 0 Å². The molecule has 0 saturated heterocycles. The summed E-state index contributed by atoms with van der Waals surface area (Å²) in [6.45, 7) is 3.58. The van der Waals surface area contributed by atoms with Crippen molar-refractivity contribution in [1.82, 2.24) is 0 Å². The lowest BCUT2D eigenvalue weighted by Crippen LogP contribution is -2.46. The molecular formula is C18H14BF2NO3. The van der Waals surface area contributed by atoms with E-state index in [9.17, 15) is 13.4 Å². The van der Waals surface area contributed by atoms with Crippen LogP contribution in [0, 0.1) is 13.8 Å². The van der Waals surface area contributed by atoms with Crippen molar-refractivity contribution in [3.05, 3.63) is 69.6 Å². The minimum Gasteiger partial charge on any atom is -0.599 e. The molecule has 0 amide bonds. The van der Waals surface area contributed by atoms with Crippen molar-refractivity contribution < 1.29 is 22.2 Å². The zero-order valence-electron chi connectivity index (χ0n) is 13.6. The largest absolute Gasteiger partial charge is 0.834 e. The van der Waals surface area contributed by atoms with E-state index in [2.05, 4.69) is 0 Å². The molecule has 0 radical (unpaired) electrons. The average Bonchev–Trinajstić information content (AvgIpc) is 2.52. The summed E-state index contributed by atoms with van der Waals surface area (Å²) in [5.74, 6) is 0.157. The second-order valence-corrected chi connectivity index (χ2v) is 6.19. The maximum Gasteiger partial charge on any atom is 0.834 e. The number of rotatable bonds is 1. The molecule has 4 nitrogen and oxygen atoms in total. The fraction of sp³-hybridized carbons (Fsp3) is 0.111. The fourth-order valence-electron chi connectivity index (χ4n) is 3.02. The van der Waals surface area contributed by atoms with E-state index in [-0.39, 0.29) is 17.0 Å². The number of aryl methyl sites for hydroxylation is 2. The van der Waals surface area contributed by atoms with Gasteiger partial charge in [0.25, 0.3) is 0 Å². The van der Waals surface area contributed by atoms with Crippen molar-refractivity contribution in [3.63, 3.8) is 0 Å². The highest BCUT2D eigenvalue weighted by Crippen LogP contribution is 2.33. The second-order valence-electron chi connectivity index (χ2n) is 6.19. The standard InChI is InChI=1S/C18H14BF2NO3/c1-11-3-4-13-10-22(19(20,21)25-16(13)7-11)14-5-6-15-12(2)8-18(23)24-17(15)9-14/h3-10H,1-2H3. The Morgan fingerprint density at radius 1 is 1.04 bits per heavy atom. The topological polar surface area (TPSA) is 42.5 Å². The van der Waals surface area contributed by atoms with Gasteiger partial charge in [0.1, 0.15) is 11.8 Å². The molecule has 0 spiro atoms. The first-order chi connectivity index (χ1) is 11.8. The average molecular weight is 341 g/mol. The summed E-state index contributed by atoms with van der Waals surface area (Å²) in [4.78, 5) is 11.6. The Morgan fingerprint density at radius 2 is 1.84 bits per heavy atom. The van der Waals surface area contributed by atoms with Crippen LogP contribution in [0.5, 0.6) is 5.75 Å². The summed E-state index contributed by atoms with van der Waals surface area (Å²) in [7, 11) is -4.29.